The Balaban J connectivity index is 1.93. The minimum absolute atomic E-state index is 0.192. The van der Waals surface area contributed by atoms with E-state index in [0.717, 1.165) is 25.9 Å². The molecular weight excluding hydrogens is 364 g/mol. The van der Waals surface area contributed by atoms with Crippen molar-refractivity contribution in [1.29, 1.82) is 0 Å². The van der Waals surface area contributed by atoms with Crippen molar-refractivity contribution in [2.24, 2.45) is 5.92 Å². The summed E-state index contributed by atoms with van der Waals surface area (Å²) in [5.41, 5.74) is -0.431. The van der Waals surface area contributed by atoms with E-state index in [9.17, 15) is 4.79 Å². The third-order valence-electron chi connectivity index (χ3n) is 3.91. The third-order valence-corrected chi connectivity index (χ3v) is 5.86. The van der Waals surface area contributed by atoms with Gasteiger partial charge in [-0.3, -0.25) is 0 Å². The fourth-order valence-electron chi connectivity index (χ4n) is 2.78. The summed E-state index contributed by atoms with van der Waals surface area (Å²) >= 11 is 5.37. The monoisotopic (exact) mass is 388 g/mol. The van der Waals surface area contributed by atoms with E-state index in [2.05, 4.69) is 32.7 Å². The van der Waals surface area contributed by atoms with E-state index in [-0.39, 0.29) is 6.09 Å². The lowest BCUT2D eigenvalue weighted by Crippen LogP contribution is -2.39. The number of carbonyl (C=O) groups is 1. The molecular formula is C16H25BrN2O2S. The van der Waals surface area contributed by atoms with Crippen LogP contribution in [0.25, 0.3) is 0 Å². The maximum absolute atomic E-state index is 12.2. The normalized spacial score (nSPS) is 20.2. The molecule has 1 aliphatic heterocycles. The molecule has 2 rings (SSSR count). The average molecular weight is 389 g/mol. The Morgan fingerprint density at radius 1 is 1.59 bits per heavy atom. The highest BCUT2D eigenvalue weighted by Gasteiger charge is 2.33. The van der Waals surface area contributed by atoms with Crippen LogP contribution in [0.5, 0.6) is 0 Å². The zero-order valence-electron chi connectivity index (χ0n) is 13.7. The van der Waals surface area contributed by atoms with Gasteiger partial charge >= 0.3 is 6.09 Å². The number of likely N-dealkylation sites (tertiary alicyclic amines) is 1. The molecule has 1 aliphatic rings. The lowest BCUT2D eigenvalue weighted by molar-refractivity contribution is 0.0285. The molecule has 1 aromatic rings. The van der Waals surface area contributed by atoms with Crippen LogP contribution in [0, 0.1) is 5.92 Å². The van der Waals surface area contributed by atoms with Crippen molar-refractivity contribution < 1.29 is 9.53 Å². The molecule has 1 aromatic heterocycles. The summed E-state index contributed by atoms with van der Waals surface area (Å²) in [6.07, 6.45) is 1.82. The molecule has 0 aliphatic carbocycles. The summed E-state index contributed by atoms with van der Waals surface area (Å²) in [4.78, 5) is 15.4. The molecule has 2 heterocycles. The second kappa shape index (κ2) is 7.32. The van der Waals surface area contributed by atoms with Crippen molar-refractivity contribution in [3.05, 3.63) is 20.8 Å². The van der Waals surface area contributed by atoms with Crippen molar-refractivity contribution in [2.45, 2.75) is 45.3 Å². The molecule has 22 heavy (non-hydrogen) atoms. The average Bonchev–Trinajstić information content (AvgIpc) is 3.03. The van der Waals surface area contributed by atoms with E-state index in [0.29, 0.717) is 12.0 Å². The number of hydrogen-bond donors (Lipinski definition) is 1. The topological polar surface area (TPSA) is 41.6 Å². The number of likely N-dealkylation sites (N-methyl/N-ethyl adjacent to an activating group) is 1. The lowest BCUT2D eigenvalue weighted by Gasteiger charge is -2.26. The van der Waals surface area contributed by atoms with E-state index in [1.807, 2.05) is 32.7 Å². The van der Waals surface area contributed by atoms with Gasteiger partial charge in [0.05, 0.1) is 0 Å². The number of nitrogens with one attached hydrogen (secondary N) is 1. The molecule has 1 N–H and O–H groups in total. The van der Waals surface area contributed by atoms with E-state index in [1.54, 1.807) is 11.3 Å². The van der Waals surface area contributed by atoms with Crippen LogP contribution >= 0.6 is 27.3 Å². The van der Waals surface area contributed by atoms with Gasteiger partial charge in [-0.25, -0.2) is 4.79 Å². The van der Waals surface area contributed by atoms with E-state index >= 15 is 0 Å². The first-order valence-electron chi connectivity index (χ1n) is 7.67. The van der Waals surface area contributed by atoms with Crippen molar-refractivity contribution in [1.82, 2.24) is 10.2 Å². The predicted molar refractivity (Wildman–Crippen MR) is 94.5 cm³/mol. The second-order valence-electron chi connectivity index (χ2n) is 6.77. The first-order chi connectivity index (χ1) is 10.3. The highest BCUT2D eigenvalue weighted by atomic mass is 79.9. The largest absolute Gasteiger partial charge is 0.444 e. The standard InChI is InChI=1S/C16H25BrN2O2S/c1-16(2,3)21-15(20)19-7-5-11(10-19)13(18-4)9-14-12(17)6-8-22-14/h6,8,11,13,18H,5,7,9-10H2,1-4H3. The van der Waals surface area contributed by atoms with Crippen molar-refractivity contribution in [3.8, 4) is 0 Å². The number of carbonyl (C=O) groups excluding carboxylic acids is 1. The van der Waals surface area contributed by atoms with Crippen LogP contribution in [0.2, 0.25) is 0 Å². The van der Waals surface area contributed by atoms with Gasteiger partial charge in [-0.15, -0.1) is 11.3 Å². The summed E-state index contributed by atoms with van der Waals surface area (Å²) in [6.45, 7) is 7.27. The zero-order chi connectivity index (χ0) is 16.3. The predicted octanol–water partition coefficient (Wildman–Crippen LogP) is 3.90. The van der Waals surface area contributed by atoms with Crippen LogP contribution in [0.1, 0.15) is 32.1 Å². The molecule has 1 saturated heterocycles. The van der Waals surface area contributed by atoms with Gasteiger partial charge in [0.15, 0.2) is 0 Å². The Morgan fingerprint density at radius 3 is 2.86 bits per heavy atom. The maximum atomic E-state index is 12.2. The molecule has 0 saturated carbocycles. The molecule has 2 unspecified atom stereocenters. The number of halogens is 1. The number of thiophene rings is 1. The molecule has 4 nitrogen and oxygen atoms in total. The first-order valence-corrected chi connectivity index (χ1v) is 9.34. The molecule has 2 atom stereocenters. The van der Waals surface area contributed by atoms with Crippen molar-refractivity contribution >= 4 is 33.4 Å². The Hall–Kier alpha value is -0.590. The van der Waals surface area contributed by atoms with Crippen LogP contribution < -0.4 is 5.32 Å². The van der Waals surface area contributed by atoms with Gasteiger partial charge in [0.1, 0.15) is 5.60 Å². The highest BCUT2D eigenvalue weighted by Crippen LogP contribution is 2.28. The van der Waals surface area contributed by atoms with Gasteiger partial charge < -0.3 is 15.0 Å². The molecule has 1 fully saturated rings. The summed E-state index contributed by atoms with van der Waals surface area (Å²) in [7, 11) is 2.00. The Labute approximate surface area is 145 Å². The van der Waals surface area contributed by atoms with E-state index in [4.69, 9.17) is 4.74 Å². The van der Waals surface area contributed by atoms with Gasteiger partial charge in [-0.05, 0) is 74.0 Å². The summed E-state index contributed by atoms with van der Waals surface area (Å²) < 4.78 is 6.65. The summed E-state index contributed by atoms with van der Waals surface area (Å²) in [5, 5.41) is 5.53. The molecule has 0 spiro atoms. The number of amides is 1. The van der Waals surface area contributed by atoms with Crippen LogP contribution in [0.3, 0.4) is 0 Å². The Kier molecular flexibility index (Phi) is 5.91. The molecule has 124 valence electrons. The number of hydrogen-bond acceptors (Lipinski definition) is 4. The van der Waals surface area contributed by atoms with Crippen LogP contribution in [-0.2, 0) is 11.2 Å². The summed E-state index contributed by atoms with van der Waals surface area (Å²) in [5.74, 6) is 0.464. The Morgan fingerprint density at radius 2 is 2.32 bits per heavy atom. The van der Waals surface area contributed by atoms with Gasteiger partial charge in [0, 0.05) is 28.5 Å². The fourth-order valence-corrected chi connectivity index (χ4v) is 4.36. The minimum atomic E-state index is -0.431. The van der Waals surface area contributed by atoms with Crippen molar-refractivity contribution in [2.75, 3.05) is 20.1 Å². The van der Waals surface area contributed by atoms with Gasteiger partial charge in [-0.1, -0.05) is 0 Å². The quantitative estimate of drug-likeness (QED) is 0.849. The number of ether oxygens (including phenoxy) is 1. The zero-order valence-corrected chi connectivity index (χ0v) is 16.1. The van der Waals surface area contributed by atoms with Gasteiger partial charge in [0.2, 0.25) is 0 Å². The summed E-state index contributed by atoms with van der Waals surface area (Å²) in [6, 6.07) is 2.47. The minimum Gasteiger partial charge on any atom is -0.444 e. The SMILES string of the molecule is CNC(Cc1sccc1Br)C1CCN(C(=O)OC(C)(C)C)C1. The maximum Gasteiger partial charge on any atom is 0.410 e. The molecule has 6 heteroatoms. The molecule has 1 amide bonds. The molecule has 0 radical (unpaired) electrons. The Bertz CT molecular complexity index is 512. The van der Waals surface area contributed by atoms with E-state index < -0.39 is 5.60 Å². The second-order valence-corrected chi connectivity index (χ2v) is 8.62. The smallest absolute Gasteiger partial charge is 0.410 e. The van der Waals surface area contributed by atoms with Crippen LogP contribution in [0.15, 0.2) is 15.9 Å². The molecule has 0 bridgehead atoms. The van der Waals surface area contributed by atoms with E-state index in [1.165, 1.54) is 9.35 Å². The van der Waals surface area contributed by atoms with Gasteiger partial charge in [0.25, 0.3) is 0 Å². The molecule has 0 aromatic carbocycles. The third kappa shape index (κ3) is 4.70. The van der Waals surface area contributed by atoms with Crippen LogP contribution in [0.4, 0.5) is 4.79 Å². The number of rotatable bonds is 4. The lowest BCUT2D eigenvalue weighted by atomic mass is 9.95. The number of nitrogens with zero attached hydrogens (tertiary/aromatic N) is 1. The highest BCUT2D eigenvalue weighted by molar-refractivity contribution is 9.10. The van der Waals surface area contributed by atoms with Gasteiger partial charge in [-0.2, -0.15) is 0 Å². The first kappa shape index (κ1) is 17.8. The fraction of sp³-hybridized carbons (Fsp3) is 0.688. The van der Waals surface area contributed by atoms with Crippen molar-refractivity contribution in [3.63, 3.8) is 0 Å². The van der Waals surface area contributed by atoms with Crippen LogP contribution in [-0.4, -0.2) is 42.8 Å².